The maximum Gasteiger partial charge on any atom is 0.224 e. The number of fused-ring (bicyclic) bond motifs is 3. The molecule has 0 saturated carbocycles. The second kappa shape index (κ2) is 4.87. The van der Waals surface area contributed by atoms with Crippen molar-refractivity contribution in [3.63, 3.8) is 0 Å². The van der Waals surface area contributed by atoms with Crippen LogP contribution in [0.1, 0.15) is 11.6 Å². The van der Waals surface area contributed by atoms with Gasteiger partial charge in [-0.25, -0.2) is 4.98 Å². The number of hydrogen-bond donors (Lipinski definition) is 1. The fraction of sp³-hybridized carbons (Fsp3) is 0.538. The van der Waals surface area contributed by atoms with Gasteiger partial charge in [0.05, 0.1) is 19.1 Å². The number of halogens is 1. The summed E-state index contributed by atoms with van der Waals surface area (Å²) < 4.78 is 11.4. The molecule has 0 aromatic carbocycles. The van der Waals surface area contributed by atoms with Crippen LogP contribution < -0.4 is 15.0 Å². The number of ether oxygens (including phenoxy) is 2. The molecule has 2 atom stereocenters. The summed E-state index contributed by atoms with van der Waals surface area (Å²) in [6.07, 6.45) is 4.14. The van der Waals surface area contributed by atoms with E-state index in [1.807, 2.05) is 0 Å². The fourth-order valence-corrected chi connectivity index (χ4v) is 3.03. The second-order valence-corrected chi connectivity index (χ2v) is 5.37. The van der Waals surface area contributed by atoms with Crippen LogP contribution in [0.4, 0.5) is 5.82 Å². The standard InChI is InChI=1S/C13H15ClN4O2/c14-13-16-9-8-2-1-3-15-12(8)20-10(9)11(17-13)18-4-6-19-7-5-18/h1-2,8,12,15H,3-7H2. The molecular weight excluding hydrogens is 280 g/mol. The molecule has 20 heavy (non-hydrogen) atoms. The highest BCUT2D eigenvalue weighted by Gasteiger charge is 2.39. The minimum atomic E-state index is -0.0671. The van der Waals surface area contributed by atoms with Crippen LogP contribution in [0, 0.1) is 0 Å². The summed E-state index contributed by atoms with van der Waals surface area (Å²) in [5.74, 6) is 1.65. The first-order valence-electron chi connectivity index (χ1n) is 6.80. The van der Waals surface area contributed by atoms with Gasteiger partial charge in [0.1, 0.15) is 5.69 Å². The number of morpholine rings is 1. The molecular formula is C13H15ClN4O2. The SMILES string of the molecule is Clc1nc2c(c(N3CCOCC3)n1)OC1NCC=CC21. The number of anilines is 1. The van der Waals surface area contributed by atoms with E-state index in [0.29, 0.717) is 13.2 Å². The maximum absolute atomic E-state index is 6.10. The predicted molar refractivity (Wildman–Crippen MR) is 74.4 cm³/mol. The Bertz CT molecular complexity index is 560. The van der Waals surface area contributed by atoms with Crippen LogP contribution in [0.5, 0.6) is 5.75 Å². The van der Waals surface area contributed by atoms with Crippen LogP contribution in [-0.2, 0) is 4.74 Å². The fourth-order valence-electron chi connectivity index (χ4n) is 2.86. The normalized spacial score (nSPS) is 27.9. The van der Waals surface area contributed by atoms with Gasteiger partial charge in [0.2, 0.25) is 5.28 Å². The van der Waals surface area contributed by atoms with Crippen LogP contribution in [0.25, 0.3) is 0 Å². The van der Waals surface area contributed by atoms with Crippen molar-refractivity contribution in [3.05, 3.63) is 23.1 Å². The van der Waals surface area contributed by atoms with E-state index in [1.165, 1.54) is 0 Å². The summed E-state index contributed by atoms with van der Waals surface area (Å²) in [5, 5.41) is 3.59. The highest BCUT2D eigenvalue weighted by Crippen LogP contribution is 2.43. The van der Waals surface area contributed by atoms with Crippen molar-refractivity contribution in [2.45, 2.75) is 12.1 Å². The molecule has 1 fully saturated rings. The number of rotatable bonds is 1. The molecule has 0 radical (unpaired) electrons. The van der Waals surface area contributed by atoms with Gasteiger partial charge in [-0.1, -0.05) is 12.2 Å². The summed E-state index contributed by atoms with van der Waals surface area (Å²) >= 11 is 6.10. The van der Waals surface area contributed by atoms with Gasteiger partial charge in [-0.3, -0.25) is 5.32 Å². The lowest BCUT2D eigenvalue weighted by Gasteiger charge is -2.28. The van der Waals surface area contributed by atoms with Crippen molar-refractivity contribution in [2.75, 3.05) is 37.7 Å². The smallest absolute Gasteiger partial charge is 0.224 e. The van der Waals surface area contributed by atoms with Gasteiger partial charge in [0.25, 0.3) is 0 Å². The van der Waals surface area contributed by atoms with Gasteiger partial charge in [-0.15, -0.1) is 0 Å². The van der Waals surface area contributed by atoms with Crippen LogP contribution in [0.2, 0.25) is 5.28 Å². The monoisotopic (exact) mass is 294 g/mol. The third-order valence-electron chi connectivity index (χ3n) is 3.82. The zero-order chi connectivity index (χ0) is 13.5. The lowest BCUT2D eigenvalue weighted by molar-refractivity contribution is 0.121. The van der Waals surface area contributed by atoms with Crippen LogP contribution in [0.3, 0.4) is 0 Å². The van der Waals surface area contributed by atoms with Crippen molar-refractivity contribution in [1.82, 2.24) is 15.3 Å². The summed E-state index contributed by atoms with van der Waals surface area (Å²) in [7, 11) is 0. The molecule has 4 heterocycles. The molecule has 7 heteroatoms. The minimum Gasteiger partial charge on any atom is -0.468 e. The average molecular weight is 295 g/mol. The second-order valence-electron chi connectivity index (χ2n) is 5.03. The highest BCUT2D eigenvalue weighted by atomic mass is 35.5. The molecule has 6 nitrogen and oxygen atoms in total. The van der Waals surface area contributed by atoms with Crippen molar-refractivity contribution in [3.8, 4) is 5.75 Å². The third kappa shape index (κ3) is 1.95. The topological polar surface area (TPSA) is 59.5 Å². The average Bonchev–Trinajstić information content (AvgIpc) is 2.86. The first kappa shape index (κ1) is 12.4. The van der Waals surface area contributed by atoms with Crippen molar-refractivity contribution in [2.24, 2.45) is 0 Å². The van der Waals surface area contributed by atoms with E-state index >= 15 is 0 Å². The van der Waals surface area contributed by atoms with E-state index in [4.69, 9.17) is 21.1 Å². The first-order valence-corrected chi connectivity index (χ1v) is 7.17. The van der Waals surface area contributed by atoms with Gasteiger partial charge in [-0.2, -0.15) is 4.98 Å². The van der Waals surface area contributed by atoms with Gasteiger partial charge >= 0.3 is 0 Å². The van der Waals surface area contributed by atoms with Gasteiger partial charge in [0.15, 0.2) is 17.8 Å². The van der Waals surface area contributed by atoms with E-state index < -0.39 is 0 Å². The Morgan fingerprint density at radius 2 is 2.15 bits per heavy atom. The molecule has 0 amide bonds. The highest BCUT2D eigenvalue weighted by molar-refractivity contribution is 6.28. The number of nitrogens with one attached hydrogen (secondary N) is 1. The third-order valence-corrected chi connectivity index (χ3v) is 3.99. The molecule has 0 aliphatic carbocycles. The Labute approximate surface area is 121 Å². The Kier molecular flexibility index (Phi) is 3.02. The van der Waals surface area contributed by atoms with Gasteiger partial charge in [-0.05, 0) is 11.6 Å². The number of nitrogens with zero attached hydrogens (tertiary/aromatic N) is 3. The predicted octanol–water partition coefficient (Wildman–Crippen LogP) is 0.928. The molecule has 1 aromatic rings. The Hall–Kier alpha value is -1.37. The van der Waals surface area contributed by atoms with E-state index in [0.717, 1.165) is 36.9 Å². The van der Waals surface area contributed by atoms with Crippen LogP contribution in [-0.4, -0.2) is 49.0 Å². The largest absolute Gasteiger partial charge is 0.468 e. The zero-order valence-electron chi connectivity index (χ0n) is 10.9. The molecule has 0 spiro atoms. The van der Waals surface area contributed by atoms with E-state index in [9.17, 15) is 0 Å². The van der Waals surface area contributed by atoms with E-state index in [-0.39, 0.29) is 17.4 Å². The molecule has 2 unspecified atom stereocenters. The summed E-state index contributed by atoms with van der Waals surface area (Å²) in [4.78, 5) is 10.9. The minimum absolute atomic E-state index is 0.0671. The summed E-state index contributed by atoms with van der Waals surface area (Å²) in [6.45, 7) is 3.79. The number of aromatic nitrogens is 2. The lowest BCUT2D eigenvalue weighted by Crippen LogP contribution is -2.38. The van der Waals surface area contributed by atoms with Crippen LogP contribution >= 0.6 is 11.6 Å². The zero-order valence-corrected chi connectivity index (χ0v) is 11.6. The summed E-state index contributed by atoms with van der Waals surface area (Å²) in [6, 6.07) is 0. The van der Waals surface area contributed by atoms with E-state index in [2.05, 4.69) is 32.3 Å². The number of hydrogen-bond acceptors (Lipinski definition) is 6. The lowest BCUT2D eigenvalue weighted by atomic mass is 10.0. The Balaban J connectivity index is 1.76. The van der Waals surface area contributed by atoms with E-state index in [1.54, 1.807) is 0 Å². The van der Waals surface area contributed by atoms with Crippen molar-refractivity contribution in [1.29, 1.82) is 0 Å². The van der Waals surface area contributed by atoms with Gasteiger partial charge in [0, 0.05) is 19.6 Å². The maximum atomic E-state index is 6.10. The van der Waals surface area contributed by atoms with Crippen LogP contribution in [0.15, 0.2) is 12.2 Å². The molecule has 106 valence electrons. The first-order chi connectivity index (χ1) is 9.83. The quantitative estimate of drug-likeness (QED) is 0.614. The molecule has 1 aromatic heterocycles. The molecule has 3 aliphatic rings. The Morgan fingerprint density at radius 1 is 1.30 bits per heavy atom. The molecule has 0 bridgehead atoms. The van der Waals surface area contributed by atoms with Gasteiger partial charge < -0.3 is 14.4 Å². The van der Waals surface area contributed by atoms with Crippen molar-refractivity contribution < 1.29 is 9.47 Å². The van der Waals surface area contributed by atoms with Crippen molar-refractivity contribution >= 4 is 17.4 Å². The molecule has 4 rings (SSSR count). The summed E-state index contributed by atoms with van der Waals surface area (Å²) in [5.41, 5.74) is 0.875. The molecule has 3 aliphatic heterocycles. The molecule has 1 saturated heterocycles. The molecule has 1 N–H and O–H groups in total. The Morgan fingerprint density at radius 3 is 3.00 bits per heavy atom.